The summed E-state index contributed by atoms with van der Waals surface area (Å²) in [7, 11) is 0. The van der Waals surface area contributed by atoms with Crippen molar-refractivity contribution in [1.29, 1.82) is 5.41 Å². The van der Waals surface area contributed by atoms with Crippen LogP contribution in [0.4, 0.5) is 5.69 Å². The predicted octanol–water partition coefficient (Wildman–Crippen LogP) is 3.84. The largest absolute Gasteiger partial charge is 0.399 e. The summed E-state index contributed by atoms with van der Waals surface area (Å²) in [6, 6.07) is 5.46. The molecule has 0 saturated carbocycles. The maximum Gasteiger partial charge on any atom is 0.0439 e. The zero-order chi connectivity index (χ0) is 12.1. The zero-order valence-corrected chi connectivity index (χ0v) is 10.4. The lowest BCUT2D eigenvalue weighted by Crippen LogP contribution is -1.97. The fourth-order valence-electron chi connectivity index (χ4n) is 1.48. The Balaban J connectivity index is 2.64. The average molecular weight is 237 g/mol. The number of nitrogen functional groups attached to an aromatic ring is 1. The zero-order valence-electron chi connectivity index (χ0n) is 9.68. The number of rotatable bonds is 4. The smallest absolute Gasteiger partial charge is 0.0439 e. The highest BCUT2D eigenvalue weighted by atomic mass is 35.5. The van der Waals surface area contributed by atoms with Crippen LogP contribution in [0.1, 0.15) is 25.8 Å². The Kier molecular flexibility index (Phi) is 4.56. The Hall–Kier alpha value is -1.28. The van der Waals surface area contributed by atoms with Gasteiger partial charge >= 0.3 is 0 Å². The molecule has 16 heavy (non-hydrogen) atoms. The summed E-state index contributed by atoms with van der Waals surface area (Å²) in [5.41, 5.74) is 9.18. The van der Waals surface area contributed by atoms with Gasteiger partial charge in [-0.1, -0.05) is 17.2 Å². The van der Waals surface area contributed by atoms with Crippen molar-refractivity contribution in [3.8, 4) is 0 Å². The van der Waals surface area contributed by atoms with Gasteiger partial charge in [0.15, 0.2) is 0 Å². The van der Waals surface area contributed by atoms with Crippen LogP contribution in [0.2, 0.25) is 5.02 Å². The van der Waals surface area contributed by atoms with Crippen LogP contribution in [0.25, 0.3) is 0 Å². The third-order valence-corrected chi connectivity index (χ3v) is 2.57. The van der Waals surface area contributed by atoms with E-state index in [4.69, 9.17) is 22.7 Å². The summed E-state index contributed by atoms with van der Waals surface area (Å²) in [6.07, 6.45) is 3.32. The summed E-state index contributed by atoms with van der Waals surface area (Å²) in [5.74, 6) is 0. The fraction of sp³-hybridized carbons (Fsp3) is 0.308. The van der Waals surface area contributed by atoms with Gasteiger partial charge in [0.05, 0.1) is 0 Å². The first-order valence-electron chi connectivity index (χ1n) is 5.25. The van der Waals surface area contributed by atoms with Crippen LogP contribution in [0.15, 0.2) is 29.8 Å². The molecule has 0 aliphatic carbocycles. The van der Waals surface area contributed by atoms with E-state index in [9.17, 15) is 0 Å². The molecule has 86 valence electrons. The molecular formula is C13H17ClN2. The third kappa shape index (κ3) is 4.07. The standard InChI is InChI=1S/C13H17ClN2/c1-9(2)7-11(15)4-3-10-8-12(16)5-6-13(10)14/h5-8,15H,3-4,16H2,1-2H3. The molecular weight excluding hydrogens is 220 g/mol. The van der Waals surface area contributed by atoms with Crippen LogP contribution in [0, 0.1) is 5.41 Å². The first-order valence-corrected chi connectivity index (χ1v) is 5.63. The summed E-state index contributed by atoms with van der Waals surface area (Å²) in [4.78, 5) is 0. The Morgan fingerprint density at radius 2 is 2.12 bits per heavy atom. The van der Waals surface area contributed by atoms with Crippen molar-refractivity contribution in [3.63, 3.8) is 0 Å². The number of nitrogens with two attached hydrogens (primary N) is 1. The predicted molar refractivity (Wildman–Crippen MR) is 71.3 cm³/mol. The van der Waals surface area contributed by atoms with Gasteiger partial charge in [0, 0.05) is 16.4 Å². The first kappa shape index (κ1) is 12.8. The van der Waals surface area contributed by atoms with Crippen LogP contribution in [-0.2, 0) is 6.42 Å². The lowest BCUT2D eigenvalue weighted by Gasteiger charge is -2.05. The molecule has 0 spiro atoms. The molecule has 0 radical (unpaired) electrons. The SMILES string of the molecule is CC(C)=CC(=N)CCc1cc(N)ccc1Cl. The van der Waals surface area contributed by atoms with Gasteiger partial charge in [0.2, 0.25) is 0 Å². The molecule has 0 heterocycles. The molecule has 0 amide bonds. The molecule has 0 bridgehead atoms. The van der Waals surface area contributed by atoms with E-state index in [1.807, 2.05) is 26.0 Å². The lowest BCUT2D eigenvalue weighted by atomic mass is 10.1. The second-order valence-corrected chi connectivity index (χ2v) is 4.50. The summed E-state index contributed by atoms with van der Waals surface area (Å²) in [5, 5.41) is 8.46. The molecule has 0 fully saturated rings. The maximum absolute atomic E-state index is 7.74. The molecule has 0 aliphatic heterocycles. The van der Waals surface area contributed by atoms with E-state index < -0.39 is 0 Å². The summed E-state index contributed by atoms with van der Waals surface area (Å²) < 4.78 is 0. The average Bonchev–Trinajstić information content (AvgIpc) is 2.18. The van der Waals surface area contributed by atoms with Gasteiger partial charge < -0.3 is 11.1 Å². The molecule has 3 heteroatoms. The van der Waals surface area contributed by atoms with E-state index in [1.165, 1.54) is 0 Å². The number of hydrogen-bond donors (Lipinski definition) is 2. The van der Waals surface area contributed by atoms with E-state index in [0.29, 0.717) is 17.8 Å². The van der Waals surface area contributed by atoms with Gasteiger partial charge in [0.25, 0.3) is 0 Å². The number of hydrogen-bond acceptors (Lipinski definition) is 2. The number of allylic oxidation sites excluding steroid dienone is 2. The highest BCUT2D eigenvalue weighted by Gasteiger charge is 2.02. The van der Waals surface area contributed by atoms with Crippen LogP contribution < -0.4 is 5.73 Å². The number of benzene rings is 1. The number of nitrogens with one attached hydrogen (secondary N) is 1. The van der Waals surface area contributed by atoms with Crippen molar-refractivity contribution in [2.45, 2.75) is 26.7 Å². The van der Waals surface area contributed by atoms with Gasteiger partial charge in [-0.2, -0.15) is 0 Å². The molecule has 0 aliphatic rings. The fourth-order valence-corrected chi connectivity index (χ4v) is 1.69. The van der Waals surface area contributed by atoms with Gasteiger partial charge in [-0.25, -0.2) is 0 Å². The second kappa shape index (κ2) is 5.71. The van der Waals surface area contributed by atoms with Crippen LogP contribution in [-0.4, -0.2) is 5.71 Å². The molecule has 2 nitrogen and oxygen atoms in total. The van der Waals surface area contributed by atoms with E-state index in [1.54, 1.807) is 12.1 Å². The lowest BCUT2D eigenvalue weighted by molar-refractivity contribution is 1.03. The Morgan fingerprint density at radius 1 is 1.44 bits per heavy atom. The van der Waals surface area contributed by atoms with E-state index in [2.05, 4.69) is 0 Å². The minimum Gasteiger partial charge on any atom is -0.399 e. The van der Waals surface area contributed by atoms with Crippen molar-refractivity contribution in [2.75, 3.05) is 5.73 Å². The highest BCUT2D eigenvalue weighted by Crippen LogP contribution is 2.20. The van der Waals surface area contributed by atoms with Crippen molar-refractivity contribution in [3.05, 3.63) is 40.4 Å². The molecule has 0 saturated heterocycles. The molecule has 1 rings (SSSR count). The summed E-state index contributed by atoms with van der Waals surface area (Å²) in [6.45, 7) is 3.98. The Bertz CT molecular complexity index is 418. The van der Waals surface area contributed by atoms with E-state index >= 15 is 0 Å². The topological polar surface area (TPSA) is 49.9 Å². The van der Waals surface area contributed by atoms with Crippen molar-refractivity contribution in [1.82, 2.24) is 0 Å². The van der Waals surface area contributed by atoms with Crippen LogP contribution >= 0.6 is 11.6 Å². The van der Waals surface area contributed by atoms with Crippen LogP contribution in [0.5, 0.6) is 0 Å². The number of aryl methyl sites for hydroxylation is 1. The minimum atomic E-state index is 0.624. The molecule has 0 aromatic heterocycles. The Morgan fingerprint density at radius 3 is 2.75 bits per heavy atom. The number of halogens is 1. The quantitative estimate of drug-likeness (QED) is 0.606. The van der Waals surface area contributed by atoms with Gasteiger partial charge in [-0.05, 0) is 56.5 Å². The van der Waals surface area contributed by atoms with E-state index in [0.717, 1.165) is 22.6 Å². The Labute approximate surface area is 102 Å². The van der Waals surface area contributed by atoms with Gasteiger partial charge in [-0.15, -0.1) is 0 Å². The molecule has 0 atom stereocenters. The second-order valence-electron chi connectivity index (χ2n) is 4.10. The molecule has 1 aromatic carbocycles. The molecule has 1 aromatic rings. The van der Waals surface area contributed by atoms with Gasteiger partial charge in [0.1, 0.15) is 0 Å². The van der Waals surface area contributed by atoms with Crippen molar-refractivity contribution < 1.29 is 0 Å². The minimum absolute atomic E-state index is 0.624. The monoisotopic (exact) mass is 236 g/mol. The van der Waals surface area contributed by atoms with Crippen LogP contribution in [0.3, 0.4) is 0 Å². The highest BCUT2D eigenvalue weighted by molar-refractivity contribution is 6.31. The van der Waals surface area contributed by atoms with E-state index in [-0.39, 0.29) is 0 Å². The van der Waals surface area contributed by atoms with Crippen molar-refractivity contribution >= 4 is 23.0 Å². The van der Waals surface area contributed by atoms with Gasteiger partial charge in [-0.3, -0.25) is 0 Å². The third-order valence-electron chi connectivity index (χ3n) is 2.20. The van der Waals surface area contributed by atoms with Crippen molar-refractivity contribution in [2.24, 2.45) is 0 Å². The molecule has 3 N–H and O–H groups in total. The normalized spacial score (nSPS) is 9.94. The first-order chi connectivity index (χ1) is 7.49. The molecule has 0 unspecified atom stereocenters. The number of anilines is 1. The summed E-state index contributed by atoms with van der Waals surface area (Å²) >= 11 is 6.04. The maximum atomic E-state index is 7.74.